The average Bonchev–Trinajstić information content (AvgIpc) is 3.28. The van der Waals surface area contributed by atoms with E-state index in [0.717, 1.165) is 52.3 Å². The summed E-state index contributed by atoms with van der Waals surface area (Å²) in [4.78, 5) is 35.6. The van der Waals surface area contributed by atoms with E-state index >= 15 is 0 Å². The van der Waals surface area contributed by atoms with Crippen molar-refractivity contribution in [1.29, 1.82) is 0 Å². The van der Waals surface area contributed by atoms with Gasteiger partial charge in [-0.2, -0.15) is 0 Å². The Hall–Kier alpha value is -3.39. The van der Waals surface area contributed by atoms with Crippen LogP contribution in [0.4, 0.5) is 5.69 Å². The molecule has 8 heteroatoms. The zero-order valence-electron chi connectivity index (χ0n) is 23.8. The number of carbonyl (C=O) groups is 1. The van der Waals surface area contributed by atoms with Crippen LogP contribution in [-0.4, -0.2) is 51.5 Å². The standard InChI is InChI=1S/C30H42N6O2/c1-17-14-18(2)33-30(38)23(17)15-25-26(29-32-12-13-36(29)7)16-24(28(31)37)19(3)27(25)34-20(4)21-8-10-22(11-9-21)35(5)6/h12-14,16,20-22,34H,8-11,15H2,1-7H3,(H2,31,37)(H,33,38). The van der Waals surface area contributed by atoms with Gasteiger partial charge in [-0.05, 0) is 102 Å². The Kier molecular flexibility index (Phi) is 8.11. The number of nitrogens with two attached hydrogens (primary N) is 1. The van der Waals surface area contributed by atoms with Crippen molar-refractivity contribution in [3.05, 3.63) is 68.4 Å². The molecule has 4 N–H and O–H groups in total. The number of nitrogens with one attached hydrogen (secondary N) is 2. The van der Waals surface area contributed by atoms with Crippen LogP contribution in [0.3, 0.4) is 0 Å². The molecule has 2 heterocycles. The normalized spacial score (nSPS) is 18.5. The molecule has 1 aliphatic rings. The molecule has 0 radical (unpaired) electrons. The van der Waals surface area contributed by atoms with Gasteiger partial charge in [0.05, 0.1) is 0 Å². The second kappa shape index (κ2) is 11.2. The van der Waals surface area contributed by atoms with Crippen LogP contribution in [-0.2, 0) is 13.5 Å². The molecule has 1 atom stereocenters. The lowest BCUT2D eigenvalue weighted by molar-refractivity contribution is 0.0999. The number of aromatic amines is 1. The Labute approximate surface area is 225 Å². The molecular weight excluding hydrogens is 476 g/mol. The number of aromatic nitrogens is 3. The number of amides is 1. The summed E-state index contributed by atoms with van der Waals surface area (Å²) in [5.74, 6) is 0.763. The van der Waals surface area contributed by atoms with Gasteiger partial charge in [0, 0.05) is 66.0 Å². The lowest BCUT2D eigenvalue weighted by Crippen LogP contribution is -2.37. The van der Waals surface area contributed by atoms with Crippen LogP contribution in [0.5, 0.6) is 0 Å². The van der Waals surface area contributed by atoms with Gasteiger partial charge in [0.15, 0.2) is 0 Å². The number of carbonyl (C=O) groups excluding carboxylic acids is 1. The first-order chi connectivity index (χ1) is 18.0. The Morgan fingerprint density at radius 1 is 1.18 bits per heavy atom. The van der Waals surface area contributed by atoms with Gasteiger partial charge in [0.25, 0.3) is 5.56 Å². The van der Waals surface area contributed by atoms with Gasteiger partial charge < -0.3 is 25.5 Å². The summed E-state index contributed by atoms with van der Waals surface area (Å²) in [6, 6.07) is 4.65. The maximum atomic E-state index is 13.1. The molecule has 4 rings (SSSR count). The molecular formula is C30H42N6O2. The van der Waals surface area contributed by atoms with E-state index in [0.29, 0.717) is 29.5 Å². The monoisotopic (exact) mass is 518 g/mol. The fraction of sp³-hybridized carbons (Fsp3) is 0.500. The first-order valence-corrected chi connectivity index (χ1v) is 13.5. The largest absolute Gasteiger partial charge is 0.382 e. The maximum Gasteiger partial charge on any atom is 0.251 e. The number of hydrogen-bond acceptors (Lipinski definition) is 5. The third kappa shape index (κ3) is 5.55. The van der Waals surface area contributed by atoms with Crippen molar-refractivity contribution in [1.82, 2.24) is 19.4 Å². The predicted molar refractivity (Wildman–Crippen MR) is 154 cm³/mol. The number of anilines is 1. The fourth-order valence-corrected chi connectivity index (χ4v) is 6.04. The van der Waals surface area contributed by atoms with Crippen LogP contribution in [0, 0.1) is 26.7 Å². The van der Waals surface area contributed by atoms with Crippen LogP contribution in [0.2, 0.25) is 0 Å². The summed E-state index contributed by atoms with van der Waals surface area (Å²) in [6.45, 7) is 8.03. The van der Waals surface area contributed by atoms with E-state index in [1.807, 2.05) is 50.7 Å². The predicted octanol–water partition coefficient (Wildman–Crippen LogP) is 4.31. The second-order valence-corrected chi connectivity index (χ2v) is 11.3. The van der Waals surface area contributed by atoms with Crippen LogP contribution in [0.1, 0.15) is 70.9 Å². The Bertz CT molecular complexity index is 1380. The molecule has 3 aromatic rings. The highest BCUT2D eigenvalue weighted by Crippen LogP contribution is 2.38. The minimum absolute atomic E-state index is 0.0917. The van der Waals surface area contributed by atoms with Crippen molar-refractivity contribution in [3.63, 3.8) is 0 Å². The van der Waals surface area contributed by atoms with Crippen LogP contribution in [0.15, 0.2) is 29.3 Å². The summed E-state index contributed by atoms with van der Waals surface area (Å²) in [6.07, 6.45) is 8.66. The van der Waals surface area contributed by atoms with E-state index in [9.17, 15) is 9.59 Å². The van der Waals surface area contributed by atoms with E-state index < -0.39 is 5.91 Å². The Morgan fingerprint density at radius 2 is 1.87 bits per heavy atom. The summed E-state index contributed by atoms with van der Waals surface area (Å²) >= 11 is 0. The van der Waals surface area contributed by atoms with Gasteiger partial charge in [-0.1, -0.05) is 0 Å². The average molecular weight is 519 g/mol. The molecule has 0 saturated heterocycles. The van der Waals surface area contributed by atoms with E-state index in [2.05, 4.69) is 41.2 Å². The van der Waals surface area contributed by atoms with Gasteiger partial charge in [-0.3, -0.25) is 9.59 Å². The molecule has 204 valence electrons. The van der Waals surface area contributed by atoms with E-state index in [1.165, 1.54) is 12.8 Å². The molecule has 1 aliphatic carbocycles. The highest BCUT2D eigenvalue weighted by atomic mass is 16.1. The van der Waals surface area contributed by atoms with Crippen molar-refractivity contribution >= 4 is 11.6 Å². The van der Waals surface area contributed by atoms with Gasteiger partial charge >= 0.3 is 0 Å². The topological polar surface area (TPSA) is 109 Å². The summed E-state index contributed by atoms with van der Waals surface area (Å²) in [7, 11) is 6.25. The highest BCUT2D eigenvalue weighted by molar-refractivity contribution is 5.98. The number of hydrogen-bond donors (Lipinski definition) is 3. The third-order valence-electron chi connectivity index (χ3n) is 8.42. The minimum atomic E-state index is -0.476. The lowest BCUT2D eigenvalue weighted by Gasteiger charge is -2.36. The molecule has 2 aromatic heterocycles. The first-order valence-electron chi connectivity index (χ1n) is 13.5. The molecule has 1 aromatic carbocycles. The van der Waals surface area contributed by atoms with Crippen molar-refractivity contribution in [2.75, 3.05) is 19.4 Å². The highest BCUT2D eigenvalue weighted by Gasteiger charge is 2.29. The lowest BCUT2D eigenvalue weighted by atomic mass is 9.81. The minimum Gasteiger partial charge on any atom is -0.382 e. The van der Waals surface area contributed by atoms with Crippen LogP contribution < -0.4 is 16.6 Å². The van der Waals surface area contributed by atoms with Gasteiger partial charge in [0.2, 0.25) is 5.91 Å². The molecule has 1 amide bonds. The quantitative estimate of drug-likeness (QED) is 0.412. The Balaban J connectivity index is 1.84. The van der Waals surface area contributed by atoms with Crippen molar-refractivity contribution < 1.29 is 4.79 Å². The number of rotatable bonds is 8. The number of pyridine rings is 1. The van der Waals surface area contributed by atoms with Gasteiger partial charge in [-0.25, -0.2) is 4.98 Å². The molecule has 8 nitrogen and oxygen atoms in total. The molecule has 1 fully saturated rings. The molecule has 1 unspecified atom stereocenters. The Morgan fingerprint density at radius 3 is 2.42 bits per heavy atom. The SMILES string of the molecule is Cc1cc(C)c(Cc2c(-c3nccn3C)cc(C(N)=O)c(C)c2NC(C)C2CCC(N(C)C)CC2)c(=O)[nH]1. The van der Waals surface area contributed by atoms with Gasteiger partial charge in [-0.15, -0.1) is 0 Å². The number of primary amides is 1. The second-order valence-electron chi connectivity index (χ2n) is 11.3. The molecule has 0 aliphatic heterocycles. The molecule has 1 saturated carbocycles. The zero-order chi connectivity index (χ0) is 27.7. The third-order valence-corrected chi connectivity index (χ3v) is 8.42. The first kappa shape index (κ1) is 27.6. The smallest absolute Gasteiger partial charge is 0.251 e. The fourth-order valence-electron chi connectivity index (χ4n) is 6.04. The number of aryl methyl sites for hydroxylation is 3. The number of nitrogens with zero attached hydrogens (tertiary/aromatic N) is 3. The van der Waals surface area contributed by atoms with E-state index in [4.69, 9.17) is 5.73 Å². The molecule has 38 heavy (non-hydrogen) atoms. The summed E-state index contributed by atoms with van der Waals surface area (Å²) in [5, 5.41) is 3.81. The maximum absolute atomic E-state index is 13.1. The van der Waals surface area contributed by atoms with Crippen LogP contribution >= 0.6 is 0 Å². The van der Waals surface area contributed by atoms with Crippen molar-refractivity contribution in [3.8, 4) is 11.4 Å². The number of benzene rings is 1. The zero-order valence-corrected chi connectivity index (χ0v) is 23.8. The van der Waals surface area contributed by atoms with Gasteiger partial charge in [0.1, 0.15) is 5.82 Å². The van der Waals surface area contributed by atoms with E-state index in [-0.39, 0.29) is 11.6 Å². The van der Waals surface area contributed by atoms with Crippen molar-refractivity contribution in [2.24, 2.45) is 18.7 Å². The van der Waals surface area contributed by atoms with Crippen LogP contribution in [0.25, 0.3) is 11.4 Å². The molecule has 0 bridgehead atoms. The van der Waals surface area contributed by atoms with E-state index in [1.54, 1.807) is 6.20 Å². The van der Waals surface area contributed by atoms with Crippen molar-refractivity contribution in [2.45, 2.75) is 71.9 Å². The summed E-state index contributed by atoms with van der Waals surface area (Å²) in [5.41, 5.74) is 12.2. The molecule has 0 spiro atoms. The summed E-state index contributed by atoms with van der Waals surface area (Å²) < 4.78 is 1.93. The number of H-pyrrole nitrogens is 1. The number of imidazole rings is 1.